The minimum Gasteiger partial charge on any atom is -0.491 e. The predicted molar refractivity (Wildman–Crippen MR) is 119 cm³/mol. The van der Waals surface area contributed by atoms with Crippen LogP contribution in [0.2, 0.25) is 0 Å². The summed E-state index contributed by atoms with van der Waals surface area (Å²) >= 11 is 3.40. The van der Waals surface area contributed by atoms with Crippen LogP contribution in [-0.4, -0.2) is 27.2 Å². The highest BCUT2D eigenvalue weighted by atomic mass is 79.9. The molecular formula is C22H19BrN4O4. The van der Waals surface area contributed by atoms with Gasteiger partial charge in [-0.15, -0.1) is 0 Å². The number of aromatic nitrogens is 3. The van der Waals surface area contributed by atoms with E-state index in [2.05, 4.69) is 35.9 Å². The number of carbonyl (C=O) groups is 1. The van der Waals surface area contributed by atoms with Gasteiger partial charge in [0.1, 0.15) is 11.4 Å². The van der Waals surface area contributed by atoms with Crippen molar-refractivity contribution in [2.45, 2.75) is 12.8 Å². The number of para-hydroxylation sites is 1. The number of halogens is 1. The SMILES string of the molecule is Cn1c(C(=O)Nc2ccc(Br)cc2-c2noc(=O)[nH]2)cc2cccc(OCC3CC3)c21. The molecule has 8 nitrogen and oxygen atoms in total. The Kier molecular flexibility index (Phi) is 4.90. The summed E-state index contributed by atoms with van der Waals surface area (Å²) in [5, 5.41) is 7.58. The highest BCUT2D eigenvalue weighted by Gasteiger charge is 2.23. The Balaban J connectivity index is 1.48. The molecule has 2 aromatic carbocycles. The number of fused-ring (bicyclic) bond motifs is 1. The summed E-state index contributed by atoms with van der Waals surface area (Å²) in [4.78, 5) is 27.1. The van der Waals surface area contributed by atoms with Gasteiger partial charge in [-0.2, -0.15) is 0 Å². The third-order valence-electron chi connectivity index (χ3n) is 5.35. The lowest BCUT2D eigenvalue weighted by Gasteiger charge is -2.12. The molecule has 1 amide bonds. The molecular weight excluding hydrogens is 464 g/mol. The van der Waals surface area contributed by atoms with Crippen molar-refractivity contribution in [2.75, 3.05) is 11.9 Å². The number of nitrogens with one attached hydrogen (secondary N) is 2. The fourth-order valence-electron chi connectivity index (χ4n) is 3.56. The van der Waals surface area contributed by atoms with Crippen LogP contribution in [0, 0.1) is 5.92 Å². The number of ether oxygens (including phenoxy) is 1. The summed E-state index contributed by atoms with van der Waals surface area (Å²) in [6, 6.07) is 12.9. The van der Waals surface area contributed by atoms with Gasteiger partial charge in [0.15, 0.2) is 5.82 Å². The number of benzene rings is 2. The molecule has 0 atom stereocenters. The van der Waals surface area contributed by atoms with Gasteiger partial charge < -0.3 is 14.6 Å². The van der Waals surface area contributed by atoms with Crippen LogP contribution in [0.15, 0.2) is 56.3 Å². The van der Waals surface area contributed by atoms with Crippen LogP contribution < -0.4 is 15.8 Å². The molecule has 2 heterocycles. The first-order valence-electron chi connectivity index (χ1n) is 9.88. The summed E-state index contributed by atoms with van der Waals surface area (Å²) in [6.45, 7) is 0.698. The smallest absolute Gasteiger partial charge is 0.439 e. The van der Waals surface area contributed by atoms with Gasteiger partial charge in [-0.3, -0.25) is 14.3 Å². The minimum absolute atomic E-state index is 0.231. The van der Waals surface area contributed by atoms with Crippen LogP contribution in [0.4, 0.5) is 5.69 Å². The number of aromatic amines is 1. The molecule has 158 valence electrons. The van der Waals surface area contributed by atoms with E-state index in [9.17, 15) is 9.59 Å². The van der Waals surface area contributed by atoms with Gasteiger partial charge in [0.25, 0.3) is 5.91 Å². The molecule has 0 unspecified atom stereocenters. The Labute approximate surface area is 185 Å². The quantitative estimate of drug-likeness (QED) is 0.425. The minimum atomic E-state index is -0.667. The standard InChI is InChI=1S/C22H19BrN4O4/c1-27-17(9-13-3-2-4-18(19(13)27)30-11-12-5-6-12)21(28)24-16-8-7-14(23)10-15(16)20-25-22(29)31-26-20/h2-4,7-10,12H,5-6,11H2,1H3,(H,24,28)(H,25,26,29). The van der Waals surface area contributed by atoms with Crippen molar-refractivity contribution in [3.8, 4) is 17.1 Å². The van der Waals surface area contributed by atoms with E-state index in [1.807, 2.05) is 35.9 Å². The number of hydrogen-bond acceptors (Lipinski definition) is 5. The van der Waals surface area contributed by atoms with Gasteiger partial charge in [0, 0.05) is 22.5 Å². The number of aryl methyl sites for hydroxylation is 1. The Morgan fingerprint density at radius 3 is 2.90 bits per heavy atom. The third kappa shape index (κ3) is 3.88. The average molecular weight is 483 g/mol. The molecule has 1 fully saturated rings. The van der Waals surface area contributed by atoms with Crippen LogP contribution in [0.5, 0.6) is 5.75 Å². The first-order chi connectivity index (χ1) is 15.0. The first-order valence-corrected chi connectivity index (χ1v) is 10.7. The summed E-state index contributed by atoms with van der Waals surface area (Å²) in [6.07, 6.45) is 2.42. The summed E-state index contributed by atoms with van der Waals surface area (Å²) in [7, 11) is 1.85. The van der Waals surface area contributed by atoms with Gasteiger partial charge in [0.05, 0.1) is 17.8 Å². The Morgan fingerprint density at radius 1 is 1.32 bits per heavy atom. The number of anilines is 1. The molecule has 1 aliphatic rings. The van der Waals surface area contributed by atoms with Crippen molar-refractivity contribution >= 4 is 38.4 Å². The van der Waals surface area contributed by atoms with E-state index in [-0.39, 0.29) is 11.7 Å². The topological polar surface area (TPSA) is 102 Å². The Bertz CT molecular complexity index is 1350. The molecule has 5 rings (SSSR count). The lowest BCUT2D eigenvalue weighted by Crippen LogP contribution is -2.16. The number of H-pyrrole nitrogens is 1. The second-order valence-electron chi connectivity index (χ2n) is 7.62. The predicted octanol–water partition coefficient (Wildman–Crippen LogP) is 4.33. The number of amides is 1. The largest absolute Gasteiger partial charge is 0.491 e. The normalized spacial score (nSPS) is 13.5. The van der Waals surface area contributed by atoms with Crippen molar-refractivity contribution in [3.05, 3.63) is 63.2 Å². The number of carbonyl (C=O) groups excluding carboxylic acids is 1. The van der Waals surface area contributed by atoms with Crippen molar-refractivity contribution in [1.82, 2.24) is 14.7 Å². The monoisotopic (exact) mass is 482 g/mol. The second-order valence-corrected chi connectivity index (χ2v) is 8.54. The maximum atomic E-state index is 13.2. The van der Waals surface area contributed by atoms with E-state index in [0.29, 0.717) is 29.5 Å². The summed E-state index contributed by atoms with van der Waals surface area (Å²) < 4.78 is 13.2. The van der Waals surface area contributed by atoms with Crippen LogP contribution in [-0.2, 0) is 7.05 Å². The van der Waals surface area contributed by atoms with Gasteiger partial charge in [0.2, 0.25) is 0 Å². The van der Waals surface area contributed by atoms with E-state index < -0.39 is 5.76 Å². The highest BCUT2D eigenvalue weighted by molar-refractivity contribution is 9.10. The van der Waals surface area contributed by atoms with Crippen LogP contribution >= 0.6 is 15.9 Å². The van der Waals surface area contributed by atoms with E-state index in [1.54, 1.807) is 18.2 Å². The Hall–Kier alpha value is -3.33. The van der Waals surface area contributed by atoms with Gasteiger partial charge in [-0.25, -0.2) is 4.79 Å². The van der Waals surface area contributed by atoms with E-state index >= 15 is 0 Å². The summed E-state index contributed by atoms with van der Waals surface area (Å²) in [5.41, 5.74) is 2.39. The van der Waals surface area contributed by atoms with Crippen molar-refractivity contribution in [2.24, 2.45) is 13.0 Å². The fourth-order valence-corrected chi connectivity index (χ4v) is 3.92. The summed E-state index contributed by atoms with van der Waals surface area (Å²) in [5.74, 6) is 0.683. The second kappa shape index (κ2) is 7.73. The average Bonchev–Trinajstić information content (AvgIpc) is 3.39. The number of hydrogen-bond donors (Lipinski definition) is 2. The van der Waals surface area contributed by atoms with E-state index in [0.717, 1.165) is 21.1 Å². The lowest BCUT2D eigenvalue weighted by atomic mass is 10.1. The molecule has 0 radical (unpaired) electrons. The third-order valence-corrected chi connectivity index (χ3v) is 5.84. The molecule has 9 heteroatoms. The number of rotatable bonds is 6. The van der Waals surface area contributed by atoms with Crippen molar-refractivity contribution < 1.29 is 14.1 Å². The maximum absolute atomic E-state index is 13.2. The zero-order valence-electron chi connectivity index (χ0n) is 16.6. The van der Waals surface area contributed by atoms with Gasteiger partial charge in [-0.05, 0) is 49.1 Å². The molecule has 0 saturated heterocycles. The molecule has 0 bridgehead atoms. The molecule has 4 aromatic rings. The van der Waals surface area contributed by atoms with Crippen LogP contribution in [0.3, 0.4) is 0 Å². The maximum Gasteiger partial charge on any atom is 0.439 e. The molecule has 31 heavy (non-hydrogen) atoms. The molecule has 1 saturated carbocycles. The van der Waals surface area contributed by atoms with E-state index in [1.165, 1.54) is 12.8 Å². The van der Waals surface area contributed by atoms with Crippen molar-refractivity contribution in [3.63, 3.8) is 0 Å². The van der Waals surface area contributed by atoms with E-state index in [4.69, 9.17) is 4.74 Å². The van der Waals surface area contributed by atoms with Gasteiger partial charge >= 0.3 is 5.76 Å². The molecule has 2 N–H and O–H groups in total. The Morgan fingerprint density at radius 2 is 2.16 bits per heavy atom. The highest BCUT2D eigenvalue weighted by Crippen LogP contribution is 2.34. The van der Waals surface area contributed by atoms with Crippen molar-refractivity contribution in [1.29, 1.82) is 0 Å². The molecule has 0 aliphatic heterocycles. The number of nitrogens with zero attached hydrogens (tertiary/aromatic N) is 2. The zero-order chi connectivity index (χ0) is 21.5. The molecule has 2 aromatic heterocycles. The van der Waals surface area contributed by atoms with Gasteiger partial charge in [-0.1, -0.05) is 33.2 Å². The lowest BCUT2D eigenvalue weighted by molar-refractivity contribution is 0.102. The first kappa shape index (κ1) is 19.6. The fraction of sp³-hybridized carbons (Fsp3) is 0.227. The zero-order valence-corrected chi connectivity index (χ0v) is 18.2. The molecule has 0 spiro atoms. The van der Waals surface area contributed by atoms with Crippen LogP contribution in [0.25, 0.3) is 22.3 Å². The van der Waals surface area contributed by atoms with Crippen LogP contribution in [0.1, 0.15) is 23.3 Å². The molecule has 1 aliphatic carbocycles.